The summed E-state index contributed by atoms with van der Waals surface area (Å²) >= 11 is 0. The maximum atomic E-state index is 12.4. The SMILES string of the molecule is CCCC(CC(=O)O)N1C(=O)CC2(CCCC2)CC1=O. The Bertz CT molecular complexity index is 392. The highest BCUT2D eigenvalue weighted by Gasteiger charge is 2.46. The molecule has 1 heterocycles. The van der Waals surface area contributed by atoms with Gasteiger partial charge < -0.3 is 5.11 Å². The van der Waals surface area contributed by atoms with Crippen molar-refractivity contribution >= 4 is 17.8 Å². The van der Waals surface area contributed by atoms with Crippen LogP contribution in [0.1, 0.15) is 64.7 Å². The lowest BCUT2D eigenvalue weighted by Crippen LogP contribution is -2.52. The average molecular weight is 281 g/mol. The van der Waals surface area contributed by atoms with Gasteiger partial charge in [-0.1, -0.05) is 26.2 Å². The Labute approximate surface area is 119 Å². The van der Waals surface area contributed by atoms with Crippen molar-refractivity contribution in [2.75, 3.05) is 0 Å². The Balaban J connectivity index is 2.13. The first-order valence-corrected chi connectivity index (χ1v) is 7.54. The lowest BCUT2D eigenvalue weighted by atomic mass is 9.76. The maximum Gasteiger partial charge on any atom is 0.305 e. The summed E-state index contributed by atoms with van der Waals surface area (Å²) in [6.07, 6.45) is 6.11. The molecule has 0 aromatic rings. The van der Waals surface area contributed by atoms with Crippen molar-refractivity contribution in [1.82, 2.24) is 4.90 Å². The van der Waals surface area contributed by atoms with E-state index in [9.17, 15) is 14.4 Å². The van der Waals surface area contributed by atoms with Gasteiger partial charge in [0.25, 0.3) is 0 Å². The van der Waals surface area contributed by atoms with Gasteiger partial charge in [-0.3, -0.25) is 19.3 Å². The number of hydrogen-bond donors (Lipinski definition) is 1. The largest absolute Gasteiger partial charge is 0.481 e. The number of carboxylic acid groups (broad SMARTS) is 1. The molecule has 2 fully saturated rings. The summed E-state index contributed by atoms with van der Waals surface area (Å²) in [4.78, 5) is 36.9. The van der Waals surface area contributed by atoms with Gasteiger partial charge in [-0.05, 0) is 24.7 Å². The van der Waals surface area contributed by atoms with Crippen LogP contribution in [0, 0.1) is 5.41 Å². The van der Waals surface area contributed by atoms with E-state index in [2.05, 4.69) is 0 Å². The summed E-state index contributed by atoms with van der Waals surface area (Å²) in [7, 11) is 0. The van der Waals surface area contributed by atoms with Gasteiger partial charge in [-0.2, -0.15) is 0 Å². The normalized spacial score (nSPS) is 23.4. The van der Waals surface area contributed by atoms with Crippen LogP contribution in [0.5, 0.6) is 0 Å². The predicted octanol–water partition coefficient (Wildman–Crippen LogP) is 2.34. The number of carbonyl (C=O) groups excluding carboxylic acids is 2. The molecular weight excluding hydrogens is 258 g/mol. The van der Waals surface area contributed by atoms with Crippen LogP contribution in [0.4, 0.5) is 0 Å². The molecule has 1 unspecified atom stereocenters. The molecule has 0 radical (unpaired) electrons. The van der Waals surface area contributed by atoms with E-state index < -0.39 is 12.0 Å². The first-order valence-electron chi connectivity index (χ1n) is 7.54. The number of piperidine rings is 1. The fraction of sp³-hybridized carbons (Fsp3) is 0.800. The number of rotatable bonds is 5. The van der Waals surface area contributed by atoms with Gasteiger partial charge in [0.15, 0.2) is 0 Å². The van der Waals surface area contributed by atoms with Gasteiger partial charge in [0.05, 0.1) is 12.5 Å². The van der Waals surface area contributed by atoms with E-state index in [4.69, 9.17) is 5.11 Å². The molecule has 1 atom stereocenters. The van der Waals surface area contributed by atoms with Crippen LogP contribution in [0.15, 0.2) is 0 Å². The highest BCUT2D eigenvalue weighted by Crippen LogP contribution is 2.47. The van der Waals surface area contributed by atoms with Crippen LogP contribution in [-0.2, 0) is 14.4 Å². The van der Waals surface area contributed by atoms with Crippen LogP contribution in [0.2, 0.25) is 0 Å². The molecule has 112 valence electrons. The third kappa shape index (κ3) is 3.02. The van der Waals surface area contributed by atoms with E-state index in [0.29, 0.717) is 19.3 Å². The van der Waals surface area contributed by atoms with Crippen molar-refractivity contribution in [2.45, 2.75) is 70.8 Å². The smallest absolute Gasteiger partial charge is 0.305 e. The Morgan fingerprint density at radius 2 is 1.80 bits per heavy atom. The van der Waals surface area contributed by atoms with E-state index in [1.54, 1.807) is 0 Å². The molecule has 0 aromatic heterocycles. The van der Waals surface area contributed by atoms with Gasteiger partial charge in [-0.15, -0.1) is 0 Å². The number of amides is 2. The first-order chi connectivity index (χ1) is 9.47. The van der Waals surface area contributed by atoms with E-state index in [0.717, 1.165) is 32.1 Å². The van der Waals surface area contributed by atoms with Gasteiger partial charge >= 0.3 is 5.97 Å². The van der Waals surface area contributed by atoms with Gasteiger partial charge in [0.2, 0.25) is 11.8 Å². The highest BCUT2D eigenvalue weighted by atomic mass is 16.4. The minimum Gasteiger partial charge on any atom is -0.481 e. The zero-order valence-corrected chi connectivity index (χ0v) is 12.1. The van der Waals surface area contributed by atoms with E-state index >= 15 is 0 Å². The summed E-state index contributed by atoms with van der Waals surface area (Å²) in [6, 6.07) is -0.476. The topological polar surface area (TPSA) is 74.7 Å². The molecule has 0 aromatic carbocycles. The van der Waals surface area contributed by atoms with Gasteiger partial charge in [0.1, 0.15) is 0 Å². The van der Waals surface area contributed by atoms with E-state index in [-0.39, 0.29) is 23.7 Å². The van der Waals surface area contributed by atoms with Crippen molar-refractivity contribution in [3.8, 4) is 0 Å². The summed E-state index contributed by atoms with van der Waals surface area (Å²) in [5.41, 5.74) is -0.120. The Hall–Kier alpha value is -1.39. The van der Waals surface area contributed by atoms with Crippen molar-refractivity contribution in [3.05, 3.63) is 0 Å². The molecule has 1 aliphatic carbocycles. The van der Waals surface area contributed by atoms with Crippen LogP contribution in [0.25, 0.3) is 0 Å². The second-order valence-electron chi connectivity index (χ2n) is 6.26. The van der Waals surface area contributed by atoms with E-state index in [1.165, 1.54) is 4.90 Å². The molecule has 0 bridgehead atoms. The number of carboxylic acids is 1. The van der Waals surface area contributed by atoms with Crippen molar-refractivity contribution in [2.24, 2.45) is 5.41 Å². The number of likely N-dealkylation sites (tertiary alicyclic amines) is 1. The van der Waals surface area contributed by atoms with Gasteiger partial charge in [-0.25, -0.2) is 0 Å². The van der Waals surface area contributed by atoms with Crippen LogP contribution in [-0.4, -0.2) is 33.8 Å². The summed E-state index contributed by atoms with van der Waals surface area (Å²) in [5.74, 6) is -1.28. The second-order valence-corrected chi connectivity index (χ2v) is 6.26. The fourth-order valence-corrected chi connectivity index (χ4v) is 3.76. The Morgan fingerprint density at radius 1 is 1.25 bits per heavy atom. The standard InChI is InChI=1S/C15H23NO4/c1-2-5-11(8-14(19)20)16-12(17)9-15(10-13(16)18)6-3-4-7-15/h11H,2-10H2,1H3,(H,19,20). The van der Waals surface area contributed by atoms with Crippen molar-refractivity contribution < 1.29 is 19.5 Å². The quantitative estimate of drug-likeness (QED) is 0.785. The molecule has 5 nitrogen and oxygen atoms in total. The third-order valence-corrected chi connectivity index (χ3v) is 4.65. The maximum absolute atomic E-state index is 12.4. The summed E-state index contributed by atoms with van der Waals surface area (Å²) in [6.45, 7) is 1.94. The number of imide groups is 1. The predicted molar refractivity (Wildman–Crippen MR) is 72.9 cm³/mol. The lowest BCUT2D eigenvalue weighted by Gasteiger charge is -2.40. The Morgan fingerprint density at radius 3 is 2.25 bits per heavy atom. The van der Waals surface area contributed by atoms with Crippen LogP contribution < -0.4 is 0 Å². The molecule has 2 amide bonds. The number of carbonyl (C=O) groups is 3. The zero-order valence-electron chi connectivity index (χ0n) is 12.1. The second kappa shape index (κ2) is 5.94. The number of aliphatic carboxylic acids is 1. The summed E-state index contributed by atoms with van der Waals surface area (Å²) < 4.78 is 0. The zero-order chi connectivity index (χ0) is 14.8. The molecule has 1 aliphatic heterocycles. The molecule has 5 heteroatoms. The fourth-order valence-electron chi connectivity index (χ4n) is 3.76. The lowest BCUT2D eigenvalue weighted by molar-refractivity contribution is -0.157. The molecule has 2 aliphatic rings. The monoisotopic (exact) mass is 281 g/mol. The van der Waals surface area contributed by atoms with Crippen LogP contribution >= 0.6 is 0 Å². The average Bonchev–Trinajstić information content (AvgIpc) is 2.75. The van der Waals surface area contributed by atoms with E-state index in [1.807, 2.05) is 6.92 Å². The minimum absolute atomic E-state index is 0.120. The van der Waals surface area contributed by atoms with Crippen LogP contribution in [0.3, 0.4) is 0 Å². The highest BCUT2D eigenvalue weighted by molar-refractivity contribution is 5.99. The molecule has 2 rings (SSSR count). The molecule has 1 saturated heterocycles. The molecule has 20 heavy (non-hydrogen) atoms. The molecule has 1 spiro atoms. The molecular formula is C15H23NO4. The van der Waals surface area contributed by atoms with Crippen molar-refractivity contribution in [1.29, 1.82) is 0 Å². The minimum atomic E-state index is -0.954. The number of hydrogen-bond acceptors (Lipinski definition) is 3. The summed E-state index contributed by atoms with van der Waals surface area (Å²) in [5, 5.41) is 8.97. The number of nitrogens with zero attached hydrogens (tertiary/aromatic N) is 1. The molecule has 1 saturated carbocycles. The Kier molecular flexibility index (Phi) is 4.45. The van der Waals surface area contributed by atoms with Gasteiger partial charge in [0, 0.05) is 12.8 Å². The molecule has 1 N–H and O–H groups in total. The first kappa shape index (κ1) is 15.0. The third-order valence-electron chi connectivity index (χ3n) is 4.65. The van der Waals surface area contributed by atoms with Crippen molar-refractivity contribution in [3.63, 3.8) is 0 Å².